The van der Waals surface area contributed by atoms with Crippen LogP contribution in [0.4, 0.5) is 4.39 Å². The van der Waals surface area contributed by atoms with Gasteiger partial charge in [-0.2, -0.15) is 16.9 Å². The second kappa shape index (κ2) is 8.48. The molecule has 0 spiro atoms. The van der Waals surface area contributed by atoms with E-state index in [0.29, 0.717) is 23.4 Å². The maximum absolute atomic E-state index is 13.5. The van der Waals surface area contributed by atoms with Crippen LogP contribution in [0, 0.1) is 5.82 Å². The predicted octanol–water partition coefficient (Wildman–Crippen LogP) is 3.67. The second-order valence-electron chi connectivity index (χ2n) is 5.40. The van der Waals surface area contributed by atoms with Crippen LogP contribution in [0.15, 0.2) is 67.0 Å². The number of rotatable bonds is 7. The smallest absolute Gasteiger partial charge is 0.251 e. The molecular weight excluding hydrogens is 337 g/mol. The molecule has 2 aromatic carbocycles. The number of nitrogens with zero attached hydrogens (tertiary/aromatic N) is 2. The topological polar surface area (TPSA) is 46.9 Å². The van der Waals surface area contributed by atoms with Crippen LogP contribution in [0.25, 0.3) is 5.69 Å². The van der Waals surface area contributed by atoms with E-state index in [1.807, 2.05) is 30.5 Å². The van der Waals surface area contributed by atoms with E-state index in [4.69, 9.17) is 0 Å². The largest absolute Gasteiger partial charge is 0.351 e. The molecule has 0 radical (unpaired) electrons. The zero-order valence-electron chi connectivity index (χ0n) is 13.6. The van der Waals surface area contributed by atoms with Gasteiger partial charge < -0.3 is 5.32 Å². The third-order valence-electron chi connectivity index (χ3n) is 3.65. The zero-order chi connectivity index (χ0) is 17.5. The molecule has 4 nitrogen and oxygen atoms in total. The fourth-order valence-electron chi connectivity index (χ4n) is 2.32. The molecule has 6 heteroatoms. The number of nitrogens with one attached hydrogen (secondary N) is 1. The Hall–Kier alpha value is -2.60. The fraction of sp³-hybridized carbons (Fsp3) is 0.158. The summed E-state index contributed by atoms with van der Waals surface area (Å²) in [5, 5.41) is 7.03. The molecule has 0 aliphatic carbocycles. The van der Waals surface area contributed by atoms with Crippen LogP contribution in [-0.2, 0) is 5.75 Å². The summed E-state index contributed by atoms with van der Waals surface area (Å²) in [7, 11) is 0. The van der Waals surface area contributed by atoms with Crippen LogP contribution >= 0.6 is 11.8 Å². The van der Waals surface area contributed by atoms with Gasteiger partial charge in [0, 0.05) is 36.0 Å². The van der Waals surface area contributed by atoms with Crippen molar-refractivity contribution >= 4 is 17.7 Å². The normalized spacial score (nSPS) is 10.6. The van der Waals surface area contributed by atoms with E-state index in [9.17, 15) is 9.18 Å². The van der Waals surface area contributed by atoms with Crippen LogP contribution in [0.3, 0.4) is 0 Å². The summed E-state index contributed by atoms with van der Waals surface area (Å²) < 4.78 is 15.2. The lowest BCUT2D eigenvalue weighted by Gasteiger charge is -2.07. The molecule has 0 bridgehead atoms. The van der Waals surface area contributed by atoms with Gasteiger partial charge in [-0.1, -0.05) is 18.2 Å². The number of halogens is 1. The lowest BCUT2D eigenvalue weighted by atomic mass is 10.2. The fourth-order valence-corrected chi connectivity index (χ4v) is 3.17. The molecule has 25 heavy (non-hydrogen) atoms. The van der Waals surface area contributed by atoms with Crippen molar-refractivity contribution in [2.75, 3.05) is 12.3 Å². The summed E-state index contributed by atoms with van der Waals surface area (Å²) in [6, 6.07) is 15.9. The third-order valence-corrected chi connectivity index (χ3v) is 4.65. The number of benzene rings is 2. The summed E-state index contributed by atoms with van der Waals surface area (Å²) in [5.41, 5.74) is 2.20. The van der Waals surface area contributed by atoms with Crippen molar-refractivity contribution in [1.29, 1.82) is 0 Å². The molecule has 1 heterocycles. The molecule has 0 fully saturated rings. The molecule has 3 aromatic rings. The van der Waals surface area contributed by atoms with Crippen molar-refractivity contribution in [1.82, 2.24) is 15.1 Å². The number of hydrogen-bond acceptors (Lipinski definition) is 3. The highest BCUT2D eigenvalue weighted by Gasteiger charge is 2.06. The van der Waals surface area contributed by atoms with Crippen molar-refractivity contribution in [3.63, 3.8) is 0 Å². The Kier molecular flexibility index (Phi) is 5.85. The van der Waals surface area contributed by atoms with E-state index < -0.39 is 0 Å². The Morgan fingerprint density at radius 2 is 1.92 bits per heavy atom. The maximum atomic E-state index is 13.5. The first-order valence-electron chi connectivity index (χ1n) is 7.93. The molecule has 1 amide bonds. The van der Waals surface area contributed by atoms with Gasteiger partial charge in [0.1, 0.15) is 5.82 Å². The molecule has 3 rings (SSSR count). The number of carbonyl (C=O) groups is 1. The SMILES string of the molecule is O=C(NCCSCc1ccccc1F)c1ccc(-n2cccn2)cc1. The van der Waals surface area contributed by atoms with Crippen molar-refractivity contribution in [2.45, 2.75) is 5.75 Å². The molecule has 128 valence electrons. The van der Waals surface area contributed by atoms with Gasteiger partial charge in [-0.15, -0.1) is 0 Å². The molecule has 0 aliphatic rings. The van der Waals surface area contributed by atoms with Crippen LogP contribution in [0.2, 0.25) is 0 Å². The van der Waals surface area contributed by atoms with Gasteiger partial charge in [-0.3, -0.25) is 4.79 Å². The Morgan fingerprint density at radius 1 is 1.12 bits per heavy atom. The number of carbonyl (C=O) groups excluding carboxylic acids is 1. The summed E-state index contributed by atoms with van der Waals surface area (Å²) >= 11 is 1.59. The van der Waals surface area contributed by atoms with E-state index in [0.717, 1.165) is 11.4 Å². The minimum Gasteiger partial charge on any atom is -0.351 e. The summed E-state index contributed by atoms with van der Waals surface area (Å²) in [6.07, 6.45) is 3.56. The molecule has 0 atom stereocenters. The predicted molar refractivity (Wildman–Crippen MR) is 98.5 cm³/mol. The van der Waals surface area contributed by atoms with Crippen molar-refractivity contribution in [3.05, 3.63) is 83.9 Å². The number of thioether (sulfide) groups is 1. The first kappa shape index (κ1) is 17.2. The van der Waals surface area contributed by atoms with Crippen molar-refractivity contribution < 1.29 is 9.18 Å². The molecule has 0 saturated heterocycles. The van der Waals surface area contributed by atoms with Crippen LogP contribution < -0.4 is 5.32 Å². The number of hydrogen-bond donors (Lipinski definition) is 1. The minimum absolute atomic E-state index is 0.112. The summed E-state index contributed by atoms with van der Waals surface area (Å²) in [5.74, 6) is 1.03. The minimum atomic E-state index is -0.184. The summed E-state index contributed by atoms with van der Waals surface area (Å²) in [6.45, 7) is 0.541. The average molecular weight is 355 g/mol. The molecule has 0 unspecified atom stereocenters. The summed E-state index contributed by atoms with van der Waals surface area (Å²) in [4.78, 5) is 12.1. The molecular formula is C19H18FN3OS. The average Bonchev–Trinajstić information content (AvgIpc) is 3.17. The Balaban J connectivity index is 1.43. The quantitative estimate of drug-likeness (QED) is 0.658. The lowest BCUT2D eigenvalue weighted by molar-refractivity contribution is 0.0956. The zero-order valence-corrected chi connectivity index (χ0v) is 14.4. The highest BCUT2D eigenvalue weighted by atomic mass is 32.2. The van der Waals surface area contributed by atoms with Crippen LogP contribution in [0.5, 0.6) is 0 Å². The van der Waals surface area contributed by atoms with E-state index in [1.165, 1.54) is 6.07 Å². The molecule has 0 aliphatic heterocycles. The van der Waals surface area contributed by atoms with Crippen molar-refractivity contribution in [2.24, 2.45) is 0 Å². The van der Waals surface area contributed by atoms with Gasteiger partial charge >= 0.3 is 0 Å². The van der Waals surface area contributed by atoms with Crippen LogP contribution in [0.1, 0.15) is 15.9 Å². The van der Waals surface area contributed by atoms with Crippen molar-refractivity contribution in [3.8, 4) is 5.69 Å². The van der Waals surface area contributed by atoms with E-state index in [-0.39, 0.29) is 11.7 Å². The Morgan fingerprint density at radius 3 is 2.64 bits per heavy atom. The third kappa shape index (κ3) is 4.70. The molecule has 0 saturated carbocycles. The highest BCUT2D eigenvalue weighted by Crippen LogP contribution is 2.15. The molecule has 1 N–H and O–H groups in total. The van der Waals surface area contributed by atoms with Gasteiger partial charge in [0.2, 0.25) is 0 Å². The number of amides is 1. The molecule has 1 aromatic heterocycles. The first-order valence-corrected chi connectivity index (χ1v) is 9.09. The van der Waals surface area contributed by atoms with Gasteiger partial charge in [-0.05, 0) is 42.0 Å². The monoisotopic (exact) mass is 355 g/mol. The van der Waals surface area contributed by atoms with E-state index in [2.05, 4.69) is 10.4 Å². The van der Waals surface area contributed by atoms with Gasteiger partial charge in [0.05, 0.1) is 5.69 Å². The van der Waals surface area contributed by atoms with Gasteiger partial charge in [-0.25, -0.2) is 9.07 Å². The van der Waals surface area contributed by atoms with E-state index in [1.54, 1.807) is 46.9 Å². The van der Waals surface area contributed by atoms with Gasteiger partial charge in [0.15, 0.2) is 0 Å². The second-order valence-corrected chi connectivity index (χ2v) is 6.50. The Bertz CT molecular complexity index is 819. The Labute approximate surface area is 150 Å². The highest BCUT2D eigenvalue weighted by molar-refractivity contribution is 7.98. The van der Waals surface area contributed by atoms with E-state index >= 15 is 0 Å². The maximum Gasteiger partial charge on any atom is 0.251 e. The lowest BCUT2D eigenvalue weighted by Crippen LogP contribution is -2.25. The van der Waals surface area contributed by atoms with Crippen LogP contribution in [-0.4, -0.2) is 28.0 Å². The standard InChI is InChI=1S/C19H18FN3OS/c20-18-5-2-1-4-16(18)14-25-13-11-21-19(24)15-6-8-17(9-7-15)23-12-3-10-22-23/h1-10,12H,11,13-14H2,(H,21,24). The number of aromatic nitrogens is 2. The van der Waals surface area contributed by atoms with Gasteiger partial charge in [0.25, 0.3) is 5.91 Å². The first-order chi connectivity index (χ1) is 12.2.